The summed E-state index contributed by atoms with van der Waals surface area (Å²) in [5.74, 6) is 0.353. The van der Waals surface area contributed by atoms with Crippen molar-refractivity contribution in [2.75, 3.05) is 19.6 Å². The molecule has 2 heterocycles. The molecule has 0 atom stereocenters. The molecule has 1 aromatic carbocycles. The lowest BCUT2D eigenvalue weighted by Crippen LogP contribution is -2.45. The topological polar surface area (TPSA) is 88.7 Å². The Kier molecular flexibility index (Phi) is 7.64. The number of aryl methyl sites for hydroxylation is 2. The van der Waals surface area contributed by atoms with E-state index in [1.807, 2.05) is 40.7 Å². The Morgan fingerprint density at radius 2 is 1.76 bits per heavy atom. The number of amides is 1. The monoisotopic (exact) mass is 474 g/mol. The van der Waals surface area contributed by atoms with Crippen LogP contribution in [0.4, 0.5) is 0 Å². The third kappa shape index (κ3) is 6.03. The zero-order chi connectivity index (χ0) is 24.3. The molecule has 0 unspecified atom stereocenters. The van der Waals surface area contributed by atoms with Crippen molar-refractivity contribution in [1.29, 1.82) is 0 Å². The van der Waals surface area contributed by atoms with Gasteiger partial charge in [-0.15, -0.1) is 0 Å². The minimum absolute atomic E-state index is 0.0477. The first-order chi connectivity index (χ1) is 15.5. The third-order valence-corrected chi connectivity index (χ3v) is 7.12. The molecule has 0 radical (unpaired) electrons. The summed E-state index contributed by atoms with van der Waals surface area (Å²) in [6.07, 6.45) is 1.52. The first kappa shape index (κ1) is 25.0. The van der Waals surface area contributed by atoms with Gasteiger partial charge in [0.2, 0.25) is 15.9 Å². The van der Waals surface area contributed by atoms with Crippen LogP contribution in [-0.4, -0.2) is 52.9 Å². The van der Waals surface area contributed by atoms with E-state index in [-0.39, 0.29) is 35.7 Å². The Morgan fingerprint density at radius 1 is 1.09 bits per heavy atom. The second-order valence-electron chi connectivity index (χ2n) is 9.38. The number of benzene rings is 1. The molecule has 1 amide bonds. The van der Waals surface area contributed by atoms with Gasteiger partial charge in [0, 0.05) is 25.5 Å². The molecular weight excluding hydrogens is 440 g/mol. The minimum atomic E-state index is -3.96. The number of carbonyl (C=O) groups excluding carboxylic acids is 1. The van der Waals surface area contributed by atoms with Crippen molar-refractivity contribution in [2.24, 2.45) is 18.9 Å². The fourth-order valence-corrected chi connectivity index (χ4v) is 5.28. The highest BCUT2D eigenvalue weighted by Crippen LogP contribution is 2.24. The number of rotatable bonds is 10. The van der Waals surface area contributed by atoms with Crippen molar-refractivity contribution in [1.82, 2.24) is 19.0 Å². The molecule has 0 N–H and O–H groups in total. The molecule has 0 fully saturated rings. The Bertz CT molecular complexity index is 1200. The molecule has 33 heavy (non-hydrogen) atoms. The molecule has 2 aromatic heterocycles. The quantitative estimate of drug-likeness (QED) is 0.446. The molecule has 3 aromatic rings. The smallest absolute Gasteiger partial charge is 0.243 e. The van der Waals surface area contributed by atoms with E-state index in [1.165, 1.54) is 16.6 Å². The molecule has 9 heteroatoms. The summed E-state index contributed by atoms with van der Waals surface area (Å²) in [6.45, 7) is 11.0. The Morgan fingerprint density at radius 3 is 2.33 bits per heavy atom. The average Bonchev–Trinajstić information content (AvgIpc) is 3.31. The summed E-state index contributed by atoms with van der Waals surface area (Å²) < 4.78 is 35.7. The van der Waals surface area contributed by atoms with Crippen LogP contribution in [0.1, 0.15) is 39.1 Å². The highest BCUT2D eigenvalue weighted by Gasteiger charge is 2.30. The fraction of sp³-hybridized carbons (Fsp3) is 0.500. The molecule has 0 aliphatic carbocycles. The van der Waals surface area contributed by atoms with Gasteiger partial charge in [0.25, 0.3) is 0 Å². The summed E-state index contributed by atoms with van der Waals surface area (Å²) in [7, 11) is -2.18. The van der Waals surface area contributed by atoms with Gasteiger partial charge in [0.05, 0.1) is 35.6 Å². The second-order valence-corrected chi connectivity index (χ2v) is 11.3. The summed E-state index contributed by atoms with van der Waals surface area (Å²) in [5.41, 5.74) is 2.11. The highest BCUT2D eigenvalue weighted by atomic mass is 32.2. The van der Waals surface area contributed by atoms with E-state index in [0.29, 0.717) is 29.8 Å². The zero-order valence-electron chi connectivity index (χ0n) is 20.3. The summed E-state index contributed by atoms with van der Waals surface area (Å²) >= 11 is 0. The summed E-state index contributed by atoms with van der Waals surface area (Å²) in [6, 6.07) is 8.31. The number of furan rings is 1. The van der Waals surface area contributed by atoms with Crippen LogP contribution in [0.5, 0.6) is 0 Å². The first-order valence-electron chi connectivity index (χ1n) is 11.2. The number of hydrogen-bond acceptors (Lipinski definition) is 5. The van der Waals surface area contributed by atoms with Crippen LogP contribution in [0, 0.1) is 18.8 Å². The predicted molar refractivity (Wildman–Crippen MR) is 128 cm³/mol. The molecule has 0 saturated carbocycles. The molecule has 180 valence electrons. The van der Waals surface area contributed by atoms with Gasteiger partial charge in [-0.25, -0.2) is 8.42 Å². The molecule has 0 bridgehead atoms. The minimum Gasteiger partial charge on any atom is -0.464 e. The van der Waals surface area contributed by atoms with E-state index in [0.717, 1.165) is 5.69 Å². The lowest BCUT2D eigenvalue weighted by Gasteiger charge is -2.29. The zero-order valence-corrected chi connectivity index (χ0v) is 21.1. The van der Waals surface area contributed by atoms with Gasteiger partial charge in [-0.2, -0.15) is 9.40 Å². The largest absolute Gasteiger partial charge is 0.464 e. The van der Waals surface area contributed by atoms with Gasteiger partial charge in [0.1, 0.15) is 5.58 Å². The van der Waals surface area contributed by atoms with Crippen LogP contribution in [0.3, 0.4) is 0 Å². The Hall–Kier alpha value is -2.65. The lowest BCUT2D eigenvalue weighted by atomic mass is 10.1. The summed E-state index contributed by atoms with van der Waals surface area (Å²) in [5, 5.41) is 5.03. The molecule has 0 aliphatic heterocycles. The van der Waals surface area contributed by atoms with Crippen LogP contribution in [0.25, 0.3) is 11.0 Å². The van der Waals surface area contributed by atoms with E-state index < -0.39 is 10.0 Å². The molecule has 8 nitrogen and oxygen atoms in total. The highest BCUT2D eigenvalue weighted by molar-refractivity contribution is 7.89. The van der Waals surface area contributed by atoms with Crippen molar-refractivity contribution >= 4 is 26.9 Å². The van der Waals surface area contributed by atoms with Gasteiger partial charge in [-0.05, 0) is 49.1 Å². The molecule has 3 rings (SSSR count). The van der Waals surface area contributed by atoms with E-state index in [9.17, 15) is 13.2 Å². The number of fused-ring (bicyclic) bond motifs is 1. The maximum absolute atomic E-state index is 13.7. The normalized spacial score (nSPS) is 12.4. The molecular formula is C24H34N4O4S. The number of sulfonamides is 1. The van der Waals surface area contributed by atoms with Crippen molar-refractivity contribution in [3.05, 3.63) is 48.0 Å². The van der Waals surface area contributed by atoms with Gasteiger partial charge < -0.3 is 9.32 Å². The van der Waals surface area contributed by atoms with E-state index >= 15 is 0 Å². The van der Waals surface area contributed by atoms with Crippen LogP contribution in [0.15, 0.2) is 45.9 Å². The molecule has 0 spiro atoms. The van der Waals surface area contributed by atoms with Crippen molar-refractivity contribution in [2.45, 2.75) is 46.1 Å². The fourth-order valence-electron chi connectivity index (χ4n) is 3.88. The van der Waals surface area contributed by atoms with Crippen LogP contribution >= 0.6 is 0 Å². The van der Waals surface area contributed by atoms with Crippen LogP contribution < -0.4 is 0 Å². The van der Waals surface area contributed by atoms with Gasteiger partial charge in [0.15, 0.2) is 0 Å². The van der Waals surface area contributed by atoms with Crippen molar-refractivity contribution < 1.29 is 17.6 Å². The first-order valence-corrected chi connectivity index (χ1v) is 12.7. The maximum Gasteiger partial charge on any atom is 0.243 e. The van der Waals surface area contributed by atoms with E-state index in [2.05, 4.69) is 5.10 Å². The Labute approximate surface area is 196 Å². The third-order valence-electron chi connectivity index (χ3n) is 5.33. The second kappa shape index (κ2) is 10.1. The van der Waals surface area contributed by atoms with Crippen LogP contribution in [-0.2, 0) is 28.4 Å². The summed E-state index contributed by atoms with van der Waals surface area (Å²) in [4.78, 5) is 15.2. The van der Waals surface area contributed by atoms with Crippen molar-refractivity contribution in [3.8, 4) is 0 Å². The molecule has 0 saturated heterocycles. The number of nitrogens with zero attached hydrogens (tertiary/aromatic N) is 4. The van der Waals surface area contributed by atoms with Crippen molar-refractivity contribution in [3.63, 3.8) is 0 Å². The number of aromatic nitrogens is 2. The van der Waals surface area contributed by atoms with E-state index in [4.69, 9.17) is 4.42 Å². The SMILES string of the molecule is Cc1cc(CN(CC(=O)N(CC(C)C)CC(C)C)S(=O)(=O)c2ccc3occc3c2)n(C)n1. The lowest BCUT2D eigenvalue weighted by molar-refractivity contribution is -0.132. The number of carbonyl (C=O) groups is 1. The van der Waals surface area contributed by atoms with Gasteiger partial charge in [-0.1, -0.05) is 27.7 Å². The average molecular weight is 475 g/mol. The van der Waals surface area contributed by atoms with Crippen LogP contribution in [0.2, 0.25) is 0 Å². The van der Waals surface area contributed by atoms with E-state index in [1.54, 1.807) is 34.8 Å². The van der Waals surface area contributed by atoms with Gasteiger partial charge in [-0.3, -0.25) is 9.48 Å². The number of hydrogen-bond donors (Lipinski definition) is 0. The molecule has 0 aliphatic rings. The standard InChI is InChI=1S/C24H34N4O4S/c1-17(2)13-27(14-18(3)4)24(29)16-28(15-21-11-19(5)25-26(21)6)33(30,31)22-7-8-23-20(12-22)9-10-32-23/h7-12,17-18H,13-16H2,1-6H3. The van der Waals surface area contributed by atoms with Gasteiger partial charge >= 0.3 is 0 Å². The predicted octanol–water partition coefficient (Wildman–Crippen LogP) is 3.81. The Balaban J connectivity index is 1.97. The maximum atomic E-state index is 13.7.